The second kappa shape index (κ2) is 7.84. The van der Waals surface area contributed by atoms with Crippen molar-refractivity contribution in [2.45, 2.75) is 12.5 Å². The van der Waals surface area contributed by atoms with Crippen LogP contribution in [0.25, 0.3) is 27.9 Å². The predicted molar refractivity (Wildman–Crippen MR) is 114 cm³/mol. The molecule has 1 aliphatic rings. The highest BCUT2D eigenvalue weighted by Crippen LogP contribution is 2.33. The first-order chi connectivity index (χ1) is 15.1. The molecule has 4 heterocycles. The van der Waals surface area contributed by atoms with E-state index in [0.29, 0.717) is 30.3 Å². The minimum Gasteiger partial charge on any atom is -0.471 e. The second-order valence-corrected chi connectivity index (χ2v) is 7.45. The third-order valence-electron chi connectivity index (χ3n) is 5.30. The van der Waals surface area contributed by atoms with Crippen molar-refractivity contribution in [3.63, 3.8) is 0 Å². The lowest BCUT2D eigenvalue weighted by Gasteiger charge is -2.14. The maximum absolute atomic E-state index is 12.1. The summed E-state index contributed by atoms with van der Waals surface area (Å²) in [7, 11) is 3.48. The number of ether oxygens (including phenoxy) is 2. The van der Waals surface area contributed by atoms with Crippen LogP contribution in [0.1, 0.15) is 16.8 Å². The van der Waals surface area contributed by atoms with Gasteiger partial charge in [-0.15, -0.1) is 0 Å². The topological polar surface area (TPSA) is 95.6 Å². The van der Waals surface area contributed by atoms with Crippen LogP contribution in [-0.4, -0.2) is 56.7 Å². The number of aromatic nitrogens is 5. The zero-order valence-electron chi connectivity index (χ0n) is 17.3. The number of carbonyl (C=O) groups excluding carboxylic acids is 1. The van der Waals surface area contributed by atoms with E-state index in [1.807, 2.05) is 37.6 Å². The summed E-state index contributed by atoms with van der Waals surface area (Å²) in [5.41, 5.74) is 4.59. The number of amides is 1. The molecule has 0 aliphatic carbocycles. The first-order valence-electron chi connectivity index (χ1n) is 10.1. The van der Waals surface area contributed by atoms with Gasteiger partial charge in [-0.1, -0.05) is 12.1 Å². The van der Waals surface area contributed by atoms with E-state index in [-0.39, 0.29) is 12.0 Å². The van der Waals surface area contributed by atoms with Gasteiger partial charge in [0.2, 0.25) is 5.88 Å². The minimum atomic E-state index is -0.143. The van der Waals surface area contributed by atoms with E-state index in [4.69, 9.17) is 14.5 Å². The lowest BCUT2D eigenvalue weighted by Crippen LogP contribution is -2.17. The molecule has 0 spiro atoms. The van der Waals surface area contributed by atoms with Crippen LogP contribution in [0.5, 0.6) is 5.88 Å². The molecule has 1 aromatic carbocycles. The Kier molecular flexibility index (Phi) is 4.87. The third kappa shape index (κ3) is 3.64. The monoisotopic (exact) mass is 418 g/mol. The summed E-state index contributed by atoms with van der Waals surface area (Å²) in [6, 6.07) is 7.39. The van der Waals surface area contributed by atoms with Crippen molar-refractivity contribution < 1.29 is 14.3 Å². The Labute approximate surface area is 178 Å². The fourth-order valence-electron chi connectivity index (χ4n) is 3.68. The number of nitrogens with zero attached hydrogens (tertiary/aromatic N) is 5. The molecule has 1 fully saturated rings. The van der Waals surface area contributed by atoms with Gasteiger partial charge in [-0.2, -0.15) is 15.2 Å². The molecule has 5 rings (SSSR count). The van der Waals surface area contributed by atoms with Crippen LogP contribution >= 0.6 is 0 Å². The first kappa shape index (κ1) is 19.3. The van der Waals surface area contributed by atoms with Crippen LogP contribution in [0.15, 0.2) is 49.1 Å². The highest BCUT2D eigenvalue weighted by Gasteiger charge is 2.22. The van der Waals surface area contributed by atoms with E-state index in [1.54, 1.807) is 34.7 Å². The van der Waals surface area contributed by atoms with Crippen LogP contribution in [-0.2, 0) is 11.8 Å². The van der Waals surface area contributed by atoms with Crippen LogP contribution in [0.2, 0.25) is 0 Å². The first-order valence-corrected chi connectivity index (χ1v) is 10.1. The van der Waals surface area contributed by atoms with E-state index in [1.165, 1.54) is 0 Å². The van der Waals surface area contributed by atoms with Gasteiger partial charge in [0, 0.05) is 49.6 Å². The minimum absolute atomic E-state index is 0.0479. The smallest absolute Gasteiger partial charge is 0.251 e. The summed E-state index contributed by atoms with van der Waals surface area (Å²) in [6.07, 6.45) is 8.11. The van der Waals surface area contributed by atoms with Gasteiger partial charge in [-0.25, -0.2) is 4.52 Å². The van der Waals surface area contributed by atoms with Crippen molar-refractivity contribution in [2.24, 2.45) is 7.05 Å². The zero-order valence-corrected chi connectivity index (χ0v) is 17.3. The van der Waals surface area contributed by atoms with E-state index >= 15 is 0 Å². The second-order valence-electron chi connectivity index (χ2n) is 7.45. The largest absolute Gasteiger partial charge is 0.471 e. The van der Waals surface area contributed by atoms with Gasteiger partial charge >= 0.3 is 0 Å². The maximum Gasteiger partial charge on any atom is 0.251 e. The number of hydrogen-bond donors (Lipinski definition) is 1. The van der Waals surface area contributed by atoms with Crippen molar-refractivity contribution in [1.82, 2.24) is 29.7 Å². The molecule has 1 saturated heterocycles. The van der Waals surface area contributed by atoms with E-state index in [9.17, 15) is 4.79 Å². The molecule has 9 heteroatoms. The average molecular weight is 418 g/mol. The van der Waals surface area contributed by atoms with Crippen molar-refractivity contribution in [2.75, 3.05) is 20.3 Å². The number of benzene rings is 1. The quantitative estimate of drug-likeness (QED) is 0.534. The number of nitrogens with one attached hydrogen (secondary N) is 1. The Bertz CT molecular complexity index is 1260. The fraction of sp³-hybridized carbons (Fsp3) is 0.273. The fourth-order valence-corrected chi connectivity index (χ4v) is 3.68. The number of carbonyl (C=O) groups is 1. The van der Waals surface area contributed by atoms with Crippen molar-refractivity contribution in [3.8, 4) is 28.1 Å². The highest BCUT2D eigenvalue weighted by molar-refractivity contribution is 5.95. The summed E-state index contributed by atoms with van der Waals surface area (Å²) in [4.78, 5) is 16.9. The molecule has 1 atom stereocenters. The van der Waals surface area contributed by atoms with E-state index in [0.717, 1.165) is 28.7 Å². The zero-order chi connectivity index (χ0) is 21.4. The molecule has 3 aromatic heterocycles. The number of hydrogen-bond acceptors (Lipinski definition) is 6. The Morgan fingerprint density at radius 2 is 2.10 bits per heavy atom. The van der Waals surface area contributed by atoms with Crippen molar-refractivity contribution in [1.29, 1.82) is 0 Å². The van der Waals surface area contributed by atoms with Crippen molar-refractivity contribution in [3.05, 3.63) is 54.6 Å². The van der Waals surface area contributed by atoms with Gasteiger partial charge in [0.1, 0.15) is 6.10 Å². The number of rotatable bonds is 5. The molecular weight excluding hydrogens is 396 g/mol. The molecule has 1 unspecified atom stereocenters. The number of fused-ring (bicyclic) bond motifs is 1. The Morgan fingerprint density at radius 1 is 1.19 bits per heavy atom. The molecule has 0 saturated carbocycles. The van der Waals surface area contributed by atoms with Gasteiger partial charge in [0.15, 0.2) is 5.65 Å². The van der Waals surface area contributed by atoms with Gasteiger partial charge < -0.3 is 14.8 Å². The molecule has 4 aromatic rings. The molecule has 1 aliphatic heterocycles. The Balaban J connectivity index is 1.63. The summed E-state index contributed by atoms with van der Waals surface area (Å²) in [5, 5.41) is 11.4. The molecule has 158 valence electrons. The molecule has 31 heavy (non-hydrogen) atoms. The van der Waals surface area contributed by atoms with Gasteiger partial charge in [0.05, 0.1) is 31.2 Å². The summed E-state index contributed by atoms with van der Waals surface area (Å²) >= 11 is 0. The summed E-state index contributed by atoms with van der Waals surface area (Å²) in [6.45, 7) is 1.22. The normalized spacial score (nSPS) is 16.0. The van der Waals surface area contributed by atoms with E-state index < -0.39 is 0 Å². The van der Waals surface area contributed by atoms with Gasteiger partial charge in [-0.05, 0) is 17.7 Å². The molecule has 0 bridgehead atoms. The Morgan fingerprint density at radius 3 is 2.84 bits per heavy atom. The van der Waals surface area contributed by atoms with E-state index in [2.05, 4.69) is 15.5 Å². The van der Waals surface area contributed by atoms with Crippen LogP contribution in [0.4, 0.5) is 0 Å². The molecule has 1 N–H and O–H groups in total. The molecule has 9 nitrogen and oxygen atoms in total. The SMILES string of the molecule is CNC(=O)c1cccc(-c2cnn3cc(-c4cnn(C)c4)c(OC4CCOC4)nc23)c1. The standard InChI is InChI=1S/C22H22N6O3/c1-23-21(29)15-5-3-4-14(8-15)18-10-25-28-12-19(16-9-24-27(2)11-16)22(26-20(18)28)31-17-6-7-30-13-17/h3-5,8-12,17H,6-7,13H2,1-2H3,(H,23,29). The Hall–Kier alpha value is -3.72. The molecular formula is C22H22N6O3. The highest BCUT2D eigenvalue weighted by atomic mass is 16.5. The third-order valence-corrected chi connectivity index (χ3v) is 5.30. The van der Waals surface area contributed by atoms with Crippen LogP contribution < -0.4 is 10.1 Å². The lowest BCUT2D eigenvalue weighted by molar-refractivity contribution is 0.0963. The van der Waals surface area contributed by atoms with Crippen molar-refractivity contribution >= 4 is 11.6 Å². The van der Waals surface area contributed by atoms with Crippen LogP contribution in [0.3, 0.4) is 0 Å². The maximum atomic E-state index is 12.1. The number of aryl methyl sites for hydroxylation is 1. The summed E-state index contributed by atoms with van der Waals surface area (Å²) < 4.78 is 15.2. The predicted octanol–water partition coefficient (Wildman–Crippen LogP) is 2.32. The lowest BCUT2D eigenvalue weighted by atomic mass is 10.1. The molecule has 0 radical (unpaired) electrons. The van der Waals surface area contributed by atoms with Gasteiger partial charge in [0.25, 0.3) is 5.91 Å². The van der Waals surface area contributed by atoms with Crippen LogP contribution in [0, 0.1) is 0 Å². The summed E-state index contributed by atoms with van der Waals surface area (Å²) in [5.74, 6) is 0.371. The van der Waals surface area contributed by atoms with Gasteiger partial charge in [-0.3, -0.25) is 9.48 Å². The molecule has 1 amide bonds. The average Bonchev–Trinajstić information content (AvgIpc) is 3.54.